The van der Waals surface area contributed by atoms with E-state index in [1.807, 2.05) is 0 Å². The first-order valence-corrected chi connectivity index (χ1v) is 7.38. The molecule has 2 amide bonds. The summed E-state index contributed by atoms with van der Waals surface area (Å²) in [5.41, 5.74) is -0.224. The molecule has 140 valence electrons. The number of hydrogen-bond acceptors (Lipinski definition) is 2. The zero-order valence-corrected chi connectivity index (χ0v) is 13.6. The van der Waals surface area contributed by atoms with Gasteiger partial charge in [-0.1, -0.05) is 18.2 Å². The highest BCUT2D eigenvalue weighted by molar-refractivity contribution is 5.89. The van der Waals surface area contributed by atoms with E-state index in [0.717, 1.165) is 12.1 Å². The molecule has 0 aromatic heterocycles. The van der Waals surface area contributed by atoms with Crippen LogP contribution >= 0.6 is 0 Å². The molecule has 2 aromatic rings. The lowest BCUT2D eigenvalue weighted by atomic mass is 10.2. The van der Waals surface area contributed by atoms with Crippen molar-refractivity contribution in [1.82, 2.24) is 4.90 Å². The summed E-state index contributed by atoms with van der Waals surface area (Å²) in [6, 6.07) is 9.34. The maximum absolute atomic E-state index is 12.7. The number of anilines is 1. The number of halogens is 5. The van der Waals surface area contributed by atoms with Crippen LogP contribution in [0.4, 0.5) is 32.4 Å². The monoisotopic (exact) mass is 374 g/mol. The van der Waals surface area contributed by atoms with Crippen molar-refractivity contribution in [3.05, 3.63) is 59.7 Å². The fourth-order valence-electron chi connectivity index (χ4n) is 2.11. The predicted octanol–water partition coefficient (Wildman–Crippen LogP) is 4.97. The van der Waals surface area contributed by atoms with Gasteiger partial charge in [0, 0.05) is 19.3 Å². The Morgan fingerprint density at radius 1 is 1.15 bits per heavy atom. The van der Waals surface area contributed by atoms with Crippen molar-refractivity contribution < 1.29 is 31.5 Å². The molecule has 0 fully saturated rings. The molecule has 0 aliphatic carbocycles. The van der Waals surface area contributed by atoms with Crippen LogP contribution in [-0.4, -0.2) is 24.6 Å². The number of nitrogens with zero attached hydrogens (tertiary/aromatic N) is 1. The molecule has 4 nitrogen and oxygen atoms in total. The first-order chi connectivity index (χ1) is 12.1. The van der Waals surface area contributed by atoms with E-state index in [0.29, 0.717) is 5.56 Å². The minimum absolute atomic E-state index is 0.0114. The molecular weight excluding hydrogens is 359 g/mol. The average molecular weight is 374 g/mol. The van der Waals surface area contributed by atoms with E-state index in [2.05, 4.69) is 10.1 Å². The number of amides is 2. The SMILES string of the molecule is CN(Cc1ccc(OC(F)F)cc1)C(=O)Nc1cccc(C(F)(F)F)c1. The summed E-state index contributed by atoms with van der Waals surface area (Å²) in [7, 11) is 1.45. The molecule has 1 N–H and O–H groups in total. The number of carbonyl (C=O) groups excluding carboxylic acids is 1. The highest BCUT2D eigenvalue weighted by Gasteiger charge is 2.30. The van der Waals surface area contributed by atoms with Crippen LogP contribution in [-0.2, 0) is 12.7 Å². The van der Waals surface area contributed by atoms with Gasteiger partial charge in [-0.15, -0.1) is 0 Å². The van der Waals surface area contributed by atoms with Crippen LogP contribution in [0.2, 0.25) is 0 Å². The number of urea groups is 1. The van der Waals surface area contributed by atoms with Gasteiger partial charge in [0.1, 0.15) is 5.75 Å². The summed E-state index contributed by atoms with van der Waals surface area (Å²) < 4.78 is 66.5. The van der Waals surface area contributed by atoms with Crippen molar-refractivity contribution in [1.29, 1.82) is 0 Å². The van der Waals surface area contributed by atoms with Crippen LogP contribution in [0, 0.1) is 0 Å². The second-order valence-electron chi connectivity index (χ2n) is 5.39. The van der Waals surface area contributed by atoms with E-state index in [4.69, 9.17) is 0 Å². The van der Waals surface area contributed by atoms with Crippen molar-refractivity contribution in [2.45, 2.75) is 19.3 Å². The van der Waals surface area contributed by atoms with Crippen LogP contribution in [0.25, 0.3) is 0 Å². The summed E-state index contributed by atoms with van der Waals surface area (Å²) in [4.78, 5) is 13.3. The number of rotatable bonds is 5. The number of ether oxygens (including phenoxy) is 1. The van der Waals surface area contributed by atoms with E-state index in [-0.39, 0.29) is 18.0 Å². The third-order valence-corrected chi connectivity index (χ3v) is 3.36. The van der Waals surface area contributed by atoms with Gasteiger partial charge in [-0.3, -0.25) is 0 Å². The lowest BCUT2D eigenvalue weighted by Gasteiger charge is -2.19. The second kappa shape index (κ2) is 8.03. The highest BCUT2D eigenvalue weighted by Crippen LogP contribution is 2.30. The molecule has 2 aromatic carbocycles. The normalized spacial score (nSPS) is 11.3. The first kappa shape index (κ1) is 19.5. The van der Waals surface area contributed by atoms with Crippen molar-refractivity contribution in [2.75, 3.05) is 12.4 Å². The van der Waals surface area contributed by atoms with Gasteiger partial charge in [-0.2, -0.15) is 22.0 Å². The maximum Gasteiger partial charge on any atom is 0.416 e. The lowest BCUT2D eigenvalue weighted by molar-refractivity contribution is -0.137. The lowest BCUT2D eigenvalue weighted by Crippen LogP contribution is -2.30. The van der Waals surface area contributed by atoms with E-state index < -0.39 is 24.4 Å². The minimum atomic E-state index is -4.51. The Kier molecular flexibility index (Phi) is 6.01. The summed E-state index contributed by atoms with van der Waals surface area (Å²) >= 11 is 0. The minimum Gasteiger partial charge on any atom is -0.435 e. The molecule has 0 saturated heterocycles. The summed E-state index contributed by atoms with van der Waals surface area (Å²) in [5, 5.41) is 2.38. The highest BCUT2D eigenvalue weighted by atomic mass is 19.4. The standard InChI is InChI=1S/C17H15F5N2O2/c1-24(10-11-5-7-14(8-6-11)26-15(18)19)16(25)23-13-4-2-3-12(9-13)17(20,21)22/h2-9,15H,10H2,1H3,(H,23,25). The Labute approximate surface area is 146 Å². The van der Waals surface area contributed by atoms with Crippen LogP contribution < -0.4 is 10.1 Å². The van der Waals surface area contributed by atoms with Gasteiger partial charge in [0.2, 0.25) is 0 Å². The number of benzene rings is 2. The zero-order chi connectivity index (χ0) is 19.3. The van der Waals surface area contributed by atoms with Crippen molar-refractivity contribution in [3.63, 3.8) is 0 Å². The molecule has 0 bridgehead atoms. The molecule has 9 heteroatoms. The van der Waals surface area contributed by atoms with Crippen LogP contribution in [0.1, 0.15) is 11.1 Å². The largest absolute Gasteiger partial charge is 0.435 e. The van der Waals surface area contributed by atoms with Gasteiger partial charge in [-0.25, -0.2) is 4.79 Å². The Bertz CT molecular complexity index is 748. The maximum atomic E-state index is 12.7. The molecule has 2 rings (SSSR count). The Morgan fingerprint density at radius 3 is 2.38 bits per heavy atom. The molecule has 0 atom stereocenters. The van der Waals surface area contributed by atoms with E-state index in [1.54, 1.807) is 0 Å². The van der Waals surface area contributed by atoms with Crippen LogP contribution in [0.15, 0.2) is 48.5 Å². The number of hydrogen-bond donors (Lipinski definition) is 1. The van der Waals surface area contributed by atoms with E-state index in [9.17, 15) is 26.7 Å². The van der Waals surface area contributed by atoms with Gasteiger partial charge < -0.3 is 15.0 Å². The molecule has 0 heterocycles. The molecule has 0 unspecified atom stereocenters. The number of carbonyl (C=O) groups is 1. The molecule has 0 spiro atoms. The quantitative estimate of drug-likeness (QED) is 0.751. The van der Waals surface area contributed by atoms with Gasteiger partial charge in [0.25, 0.3) is 0 Å². The summed E-state index contributed by atoms with van der Waals surface area (Å²) in [6.07, 6.45) is -4.51. The third-order valence-electron chi connectivity index (χ3n) is 3.36. The molecule has 0 radical (unpaired) electrons. The fourth-order valence-corrected chi connectivity index (χ4v) is 2.11. The predicted molar refractivity (Wildman–Crippen MR) is 85.0 cm³/mol. The topological polar surface area (TPSA) is 41.6 Å². The van der Waals surface area contributed by atoms with Crippen molar-refractivity contribution in [3.8, 4) is 5.75 Å². The molecule has 0 aliphatic rings. The van der Waals surface area contributed by atoms with E-state index >= 15 is 0 Å². The van der Waals surface area contributed by atoms with E-state index in [1.165, 1.54) is 48.3 Å². The Balaban J connectivity index is 1.97. The first-order valence-electron chi connectivity index (χ1n) is 7.38. The molecule has 0 saturated carbocycles. The number of alkyl halides is 5. The Morgan fingerprint density at radius 2 is 1.81 bits per heavy atom. The summed E-state index contributed by atoms with van der Waals surface area (Å²) in [6.45, 7) is -2.80. The Hall–Kier alpha value is -2.84. The number of nitrogens with one attached hydrogen (secondary N) is 1. The molecule has 0 aliphatic heterocycles. The van der Waals surface area contributed by atoms with Crippen molar-refractivity contribution >= 4 is 11.7 Å². The summed E-state index contributed by atoms with van der Waals surface area (Å²) in [5.74, 6) is -0.0141. The average Bonchev–Trinajstić information content (AvgIpc) is 2.55. The molecule has 26 heavy (non-hydrogen) atoms. The van der Waals surface area contributed by atoms with Gasteiger partial charge in [-0.05, 0) is 35.9 Å². The molecular formula is C17H15F5N2O2. The zero-order valence-electron chi connectivity index (χ0n) is 13.6. The van der Waals surface area contributed by atoms with Crippen molar-refractivity contribution in [2.24, 2.45) is 0 Å². The fraction of sp³-hybridized carbons (Fsp3) is 0.235. The smallest absolute Gasteiger partial charge is 0.416 e. The van der Waals surface area contributed by atoms with Gasteiger partial charge >= 0.3 is 18.8 Å². The second-order valence-corrected chi connectivity index (χ2v) is 5.39. The van der Waals surface area contributed by atoms with Gasteiger partial charge in [0.15, 0.2) is 0 Å². The van der Waals surface area contributed by atoms with Gasteiger partial charge in [0.05, 0.1) is 5.56 Å². The third kappa shape index (κ3) is 5.61. The van der Waals surface area contributed by atoms with Crippen LogP contribution in [0.3, 0.4) is 0 Å². The van der Waals surface area contributed by atoms with Crippen LogP contribution in [0.5, 0.6) is 5.75 Å².